The lowest BCUT2D eigenvalue weighted by atomic mass is 10.3. The summed E-state index contributed by atoms with van der Waals surface area (Å²) in [5.41, 5.74) is -0.362. The number of hydrogen-bond acceptors (Lipinski definition) is 9. The van der Waals surface area contributed by atoms with Crippen molar-refractivity contribution in [2.45, 2.75) is 12.3 Å². The molecule has 0 saturated heterocycles. The monoisotopic (exact) mass is 380 g/mol. The number of methoxy groups -OCH3 is 2. The van der Waals surface area contributed by atoms with Gasteiger partial charge in [0.1, 0.15) is 6.10 Å². The molecule has 0 radical (unpaired) electrons. The number of rotatable bonds is 13. The summed E-state index contributed by atoms with van der Waals surface area (Å²) >= 11 is 0. The predicted octanol–water partition coefficient (Wildman–Crippen LogP) is 0.0586. The molecule has 25 heavy (non-hydrogen) atoms. The third-order valence-electron chi connectivity index (χ3n) is 2.79. The van der Waals surface area contributed by atoms with Crippen molar-refractivity contribution in [1.82, 2.24) is 10.2 Å². The molecule has 0 spiro atoms. The molecule has 3 N–H and O–H groups in total. The number of ether oxygens (including phenoxy) is 3. The molecule has 0 rings (SSSR count). The van der Waals surface area contributed by atoms with Crippen molar-refractivity contribution in [1.29, 1.82) is 0 Å². The Kier molecular flexibility index (Phi) is 12.9. The number of hydrogen-bond donors (Lipinski definition) is 3. The van der Waals surface area contributed by atoms with Gasteiger partial charge in [0.25, 0.3) is 5.91 Å². The highest BCUT2D eigenvalue weighted by molar-refractivity contribution is 7.50. The molecule has 10 nitrogen and oxygen atoms in total. The second kappa shape index (κ2) is 13.7. The Hall–Kier alpha value is -1.55. The van der Waals surface area contributed by atoms with Gasteiger partial charge >= 0.3 is 0 Å². The van der Waals surface area contributed by atoms with Crippen LogP contribution in [0.4, 0.5) is 0 Å². The van der Waals surface area contributed by atoms with E-state index in [4.69, 9.17) is 14.2 Å². The summed E-state index contributed by atoms with van der Waals surface area (Å²) in [6.45, 7) is 0.240. The van der Waals surface area contributed by atoms with Crippen molar-refractivity contribution >= 4 is 20.7 Å². The fourth-order valence-corrected chi connectivity index (χ4v) is 2.08. The average molecular weight is 380 g/mol. The molecule has 0 heterocycles. The quantitative estimate of drug-likeness (QED) is 0.134. The summed E-state index contributed by atoms with van der Waals surface area (Å²) in [4.78, 5) is 32.5. The van der Waals surface area contributed by atoms with Gasteiger partial charge in [-0.3, -0.25) is 14.9 Å². The number of amides is 2. The normalized spacial score (nSPS) is 15.6. The van der Waals surface area contributed by atoms with Crippen molar-refractivity contribution < 1.29 is 38.3 Å². The lowest BCUT2D eigenvalue weighted by Crippen LogP contribution is -2.38. The number of nitrogens with zero attached hydrogens (tertiary/aromatic N) is 1. The van der Waals surface area contributed by atoms with Crippen LogP contribution in [0.3, 0.4) is 0 Å². The van der Waals surface area contributed by atoms with Crippen LogP contribution in [0.15, 0.2) is 23.9 Å². The van der Waals surface area contributed by atoms with Crippen LogP contribution in [-0.4, -0.2) is 81.1 Å². The first-order valence-electron chi connectivity index (χ1n) is 7.11. The molecule has 0 bridgehead atoms. The maximum atomic E-state index is 11.3. The van der Waals surface area contributed by atoms with Gasteiger partial charge in [0.05, 0.1) is 13.2 Å². The topological polar surface area (TPSA) is 127 Å². The van der Waals surface area contributed by atoms with Crippen LogP contribution in [0.1, 0.15) is 0 Å². The van der Waals surface area contributed by atoms with E-state index in [9.17, 15) is 19.6 Å². The highest BCUT2D eigenvalue weighted by atomic mass is 31.2. The molecule has 0 aromatic carbocycles. The van der Waals surface area contributed by atoms with Crippen LogP contribution in [0.2, 0.25) is 0 Å². The third kappa shape index (κ3) is 10.1. The highest BCUT2D eigenvalue weighted by Gasteiger charge is 2.20. The number of carbonyl (C=O) groups excluding carboxylic acids is 2. The van der Waals surface area contributed by atoms with Gasteiger partial charge in [0, 0.05) is 40.7 Å². The van der Waals surface area contributed by atoms with Gasteiger partial charge in [-0.2, -0.15) is 0 Å². The Morgan fingerprint density at radius 3 is 2.44 bits per heavy atom. The molecule has 0 aromatic heterocycles. The summed E-state index contributed by atoms with van der Waals surface area (Å²) in [6.07, 6.45) is 2.76. The van der Waals surface area contributed by atoms with E-state index < -0.39 is 26.6 Å². The van der Waals surface area contributed by atoms with E-state index in [1.807, 2.05) is 5.32 Å². The average Bonchev–Trinajstić information content (AvgIpc) is 2.58. The van der Waals surface area contributed by atoms with E-state index in [-0.39, 0.29) is 25.1 Å². The first kappa shape index (κ1) is 23.4. The highest BCUT2D eigenvalue weighted by Crippen LogP contribution is 2.38. The van der Waals surface area contributed by atoms with Crippen LogP contribution in [-0.2, 0) is 28.3 Å². The van der Waals surface area contributed by atoms with Gasteiger partial charge in [-0.15, -0.1) is 0 Å². The maximum Gasteiger partial charge on any atom is 0.251 e. The van der Waals surface area contributed by atoms with Crippen LogP contribution in [0.5, 0.6) is 0 Å². The molecule has 2 amide bonds. The van der Waals surface area contributed by atoms with Crippen molar-refractivity contribution in [3.05, 3.63) is 23.9 Å². The number of aliphatic hydroxyl groups is 1. The molecule has 3 unspecified atom stereocenters. The fourth-order valence-electron chi connectivity index (χ4n) is 1.60. The second-order valence-corrected chi connectivity index (χ2v) is 6.00. The molecule has 0 saturated carbocycles. The molecule has 0 aromatic rings. The zero-order valence-corrected chi connectivity index (χ0v) is 15.5. The van der Waals surface area contributed by atoms with Gasteiger partial charge in [-0.25, -0.2) is 0 Å². The Bertz CT molecular complexity index is 460. The van der Waals surface area contributed by atoms with Crippen molar-refractivity contribution in [3.63, 3.8) is 0 Å². The number of likely N-dealkylation sites (N-methyl/N-ethyl adjacent to an activating group) is 1. The lowest BCUT2D eigenvalue weighted by Gasteiger charge is -2.29. The minimum Gasteiger partial charge on any atom is -0.503 e. The van der Waals surface area contributed by atoms with E-state index >= 15 is 0 Å². The van der Waals surface area contributed by atoms with Crippen molar-refractivity contribution in [2.24, 2.45) is 0 Å². The molecule has 144 valence electrons. The number of carbonyl (C=O) groups is 2. The molecular weight excluding hydrogens is 355 g/mol. The summed E-state index contributed by atoms with van der Waals surface area (Å²) in [5.74, 6) is -0.588. The Labute approximate surface area is 147 Å². The second-order valence-electron chi connectivity index (χ2n) is 4.63. The van der Waals surface area contributed by atoms with Crippen molar-refractivity contribution in [3.8, 4) is 0 Å². The molecular formula is C14H25N2O8P. The molecule has 0 fully saturated rings. The number of aliphatic hydroxyl groups excluding tert-OH is 1. The Balaban J connectivity index is 5.07. The fraction of sp³-hybridized carbons (Fsp3) is 0.571. The van der Waals surface area contributed by atoms with Crippen LogP contribution < -0.4 is 5.32 Å². The van der Waals surface area contributed by atoms with Crippen LogP contribution in [0.25, 0.3) is 0 Å². The molecule has 0 aliphatic carbocycles. The minimum atomic E-state index is -2.11. The maximum absolute atomic E-state index is 11.3. The van der Waals surface area contributed by atoms with Crippen LogP contribution >= 0.6 is 8.38 Å². The smallest absolute Gasteiger partial charge is 0.251 e. The summed E-state index contributed by atoms with van der Waals surface area (Å²) < 4.78 is 20.6. The number of nitrogens with one attached hydrogen (secondary N) is 1. The molecule has 3 atom stereocenters. The lowest BCUT2D eigenvalue weighted by molar-refractivity contribution is -0.122. The summed E-state index contributed by atoms with van der Waals surface area (Å²) in [7, 11) is 3.72. The third-order valence-corrected chi connectivity index (χ3v) is 3.68. The van der Waals surface area contributed by atoms with Gasteiger partial charge in [0.15, 0.2) is 11.7 Å². The van der Waals surface area contributed by atoms with Gasteiger partial charge in [0.2, 0.25) is 14.8 Å². The van der Waals surface area contributed by atoms with Gasteiger partial charge < -0.3 is 33.6 Å². The minimum absolute atomic E-state index is 0.0976. The Morgan fingerprint density at radius 2 is 1.92 bits per heavy atom. The zero-order chi connectivity index (χ0) is 19.2. The first-order valence-corrected chi connectivity index (χ1v) is 8.32. The molecule has 0 aliphatic rings. The largest absolute Gasteiger partial charge is 0.503 e. The molecule has 11 heteroatoms. The van der Waals surface area contributed by atoms with E-state index in [1.165, 1.54) is 33.6 Å². The first-order chi connectivity index (χ1) is 11.9. The van der Waals surface area contributed by atoms with Gasteiger partial charge in [-0.1, -0.05) is 0 Å². The summed E-state index contributed by atoms with van der Waals surface area (Å²) in [6, 6.07) is 0. The SMILES string of the molecule is COCC(/C=C(\O)P(O)OC)OC(COC)N(C)/C=C\C(=O)NC=O. The van der Waals surface area contributed by atoms with Crippen LogP contribution in [0, 0.1) is 0 Å². The zero-order valence-electron chi connectivity index (χ0n) is 14.6. The number of imide groups is 1. The summed E-state index contributed by atoms with van der Waals surface area (Å²) in [5, 5.41) is 11.7. The van der Waals surface area contributed by atoms with E-state index in [1.54, 1.807) is 11.9 Å². The molecule has 0 aliphatic heterocycles. The predicted molar refractivity (Wildman–Crippen MR) is 90.4 cm³/mol. The van der Waals surface area contributed by atoms with Crippen molar-refractivity contribution in [2.75, 3.05) is 41.6 Å². The van der Waals surface area contributed by atoms with E-state index in [2.05, 4.69) is 4.52 Å². The van der Waals surface area contributed by atoms with E-state index in [0.29, 0.717) is 0 Å². The van der Waals surface area contributed by atoms with Gasteiger partial charge in [-0.05, 0) is 6.08 Å². The Morgan fingerprint density at radius 1 is 1.28 bits per heavy atom. The van der Waals surface area contributed by atoms with E-state index in [0.717, 1.165) is 6.08 Å². The standard InChI is InChI=1S/C14H25N2O8P/c1-16(6-5-12(18)15-10-17)13(9-22-3)24-11(8-21-2)7-14(19)25(20)23-4/h5-7,10-11,13,19-20H,8-9H2,1-4H3,(H,15,17,18)/b6-5-,14-7+.